The Hall–Kier alpha value is -0.730. The van der Waals surface area contributed by atoms with Crippen LogP contribution in [0, 0.1) is 6.92 Å². The molecule has 2 fully saturated rings. The zero-order valence-corrected chi connectivity index (χ0v) is 11.9. The van der Waals surface area contributed by atoms with Crippen molar-refractivity contribution in [3.8, 4) is 0 Å². The molecule has 3 heteroatoms. The van der Waals surface area contributed by atoms with E-state index >= 15 is 0 Å². The van der Waals surface area contributed by atoms with Gasteiger partial charge in [0.2, 0.25) is 0 Å². The van der Waals surface area contributed by atoms with Crippen molar-refractivity contribution >= 4 is 17.3 Å². The fourth-order valence-corrected chi connectivity index (χ4v) is 3.17. The zero-order valence-electron chi connectivity index (χ0n) is 11.1. The zero-order chi connectivity index (χ0) is 12.7. The van der Waals surface area contributed by atoms with E-state index in [9.17, 15) is 0 Å². The standard InChI is InChI=1S/C15H21ClN2/c1-10-3-4-12(8-15(10)16)17-13-7-11(2)18(9-13)14-5-6-14/h3-4,8,11,13-14,17H,5-7,9H2,1-2H3. The molecule has 0 aromatic heterocycles. The molecular weight excluding hydrogens is 244 g/mol. The van der Waals surface area contributed by atoms with Gasteiger partial charge in [-0.2, -0.15) is 0 Å². The summed E-state index contributed by atoms with van der Waals surface area (Å²) in [6.45, 7) is 5.57. The number of likely N-dealkylation sites (tertiary alicyclic amines) is 1. The lowest BCUT2D eigenvalue weighted by molar-refractivity contribution is 0.257. The first-order chi connectivity index (χ1) is 8.63. The minimum Gasteiger partial charge on any atom is -0.381 e. The van der Waals surface area contributed by atoms with Crippen LogP contribution in [0.2, 0.25) is 5.02 Å². The van der Waals surface area contributed by atoms with Gasteiger partial charge in [0.05, 0.1) is 0 Å². The highest BCUT2D eigenvalue weighted by Gasteiger charge is 2.38. The van der Waals surface area contributed by atoms with Crippen LogP contribution in [0.1, 0.15) is 31.7 Å². The number of hydrogen-bond donors (Lipinski definition) is 1. The second-order valence-corrected chi connectivity index (χ2v) is 6.23. The third-order valence-corrected chi connectivity index (χ3v) is 4.59. The molecule has 0 amide bonds. The van der Waals surface area contributed by atoms with Crippen molar-refractivity contribution < 1.29 is 0 Å². The first-order valence-electron chi connectivity index (χ1n) is 6.92. The lowest BCUT2D eigenvalue weighted by Crippen LogP contribution is -2.31. The van der Waals surface area contributed by atoms with Crippen LogP contribution in [-0.4, -0.2) is 29.6 Å². The summed E-state index contributed by atoms with van der Waals surface area (Å²) in [5.41, 5.74) is 2.29. The quantitative estimate of drug-likeness (QED) is 0.896. The normalized spacial score (nSPS) is 28.6. The molecule has 0 bridgehead atoms. The molecule has 1 aliphatic carbocycles. The molecule has 2 nitrogen and oxygen atoms in total. The summed E-state index contributed by atoms with van der Waals surface area (Å²) in [4.78, 5) is 2.66. The van der Waals surface area contributed by atoms with Crippen LogP contribution in [0.5, 0.6) is 0 Å². The molecule has 1 N–H and O–H groups in total. The van der Waals surface area contributed by atoms with Gasteiger partial charge in [0.1, 0.15) is 0 Å². The smallest absolute Gasteiger partial charge is 0.0455 e. The molecule has 0 spiro atoms. The average molecular weight is 265 g/mol. The van der Waals surface area contributed by atoms with Crippen LogP contribution in [0.3, 0.4) is 0 Å². The second-order valence-electron chi connectivity index (χ2n) is 5.82. The van der Waals surface area contributed by atoms with Gasteiger partial charge in [-0.3, -0.25) is 4.90 Å². The first kappa shape index (κ1) is 12.3. The number of nitrogens with one attached hydrogen (secondary N) is 1. The summed E-state index contributed by atoms with van der Waals surface area (Å²) >= 11 is 6.17. The fraction of sp³-hybridized carbons (Fsp3) is 0.600. The molecule has 2 atom stereocenters. The van der Waals surface area contributed by atoms with Crippen molar-refractivity contribution in [3.63, 3.8) is 0 Å². The van der Waals surface area contributed by atoms with E-state index in [1.807, 2.05) is 13.0 Å². The number of benzene rings is 1. The van der Waals surface area contributed by atoms with Crippen molar-refractivity contribution in [3.05, 3.63) is 28.8 Å². The molecule has 2 unspecified atom stereocenters. The maximum Gasteiger partial charge on any atom is 0.0455 e. The third kappa shape index (κ3) is 2.50. The van der Waals surface area contributed by atoms with Gasteiger partial charge in [0.15, 0.2) is 0 Å². The Morgan fingerprint density at radius 2 is 2.11 bits per heavy atom. The molecule has 0 radical (unpaired) electrons. The van der Waals surface area contributed by atoms with E-state index < -0.39 is 0 Å². The highest BCUT2D eigenvalue weighted by molar-refractivity contribution is 6.31. The SMILES string of the molecule is Cc1ccc(NC2CC(C)N(C3CC3)C2)cc1Cl. The number of hydrogen-bond acceptors (Lipinski definition) is 2. The fourth-order valence-electron chi connectivity index (χ4n) is 2.99. The van der Waals surface area contributed by atoms with Gasteiger partial charge in [0, 0.05) is 35.4 Å². The minimum absolute atomic E-state index is 0.569. The predicted molar refractivity (Wildman–Crippen MR) is 77.4 cm³/mol. The van der Waals surface area contributed by atoms with E-state index in [0.29, 0.717) is 6.04 Å². The lowest BCUT2D eigenvalue weighted by Gasteiger charge is -2.20. The molecule has 1 saturated carbocycles. The summed E-state index contributed by atoms with van der Waals surface area (Å²) in [5.74, 6) is 0. The molecule has 2 aliphatic rings. The highest BCUT2D eigenvalue weighted by Crippen LogP contribution is 2.34. The number of anilines is 1. The van der Waals surface area contributed by atoms with Crippen LogP contribution in [0.15, 0.2) is 18.2 Å². The number of aryl methyl sites for hydroxylation is 1. The van der Waals surface area contributed by atoms with E-state index in [1.54, 1.807) is 0 Å². The molecule has 1 aromatic rings. The molecular formula is C15H21ClN2. The Morgan fingerprint density at radius 1 is 1.33 bits per heavy atom. The van der Waals surface area contributed by atoms with E-state index in [2.05, 4.69) is 29.3 Å². The maximum atomic E-state index is 6.17. The summed E-state index contributed by atoms with van der Waals surface area (Å²) < 4.78 is 0. The Labute approximate surface area is 114 Å². The van der Waals surface area contributed by atoms with E-state index in [0.717, 1.165) is 28.4 Å². The molecule has 3 rings (SSSR count). The number of rotatable bonds is 3. The topological polar surface area (TPSA) is 15.3 Å². The molecule has 1 heterocycles. The van der Waals surface area contributed by atoms with Crippen molar-refractivity contribution in [1.82, 2.24) is 4.90 Å². The maximum absolute atomic E-state index is 6.17. The predicted octanol–water partition coefficient (Wildman–Crippen LogP) is 3.69. The highest BCUT2D eigenvalue weighted by atomic mass is 35.5. The Balaban J connectivity index is 1.64. The van der Waals surface area contributed by atoms with Gasteiger partial charge in [-0.05, 0) is 50.8 Å². The summed E-state index contributed by atoms with van der Waals surface area (Å²) in [7, 11) is 0. The summed E-state index contributed by atoms with van der Waals surface area (Å²) in [6.07, 6.45) is 4.03. The number of nitrogens with zero attached hydrogens (tertiary/aromatic N) is 1. The van der Waals surface area contributed by atoms with E-state index in [4.69, 9.17) is 11.6 Å². The van der Waals surface area contributed by atoms with Crippen molar-refractivity contribution in [2.75, 3.05) is 11.9 Å². The minimum atomic E-state index is 0.569. The van der Waals surface area contributed by atoms with Gasteiger partial charge in [-0.15, -0.1) is 0 Å². The van der Waals surface area contributed by atoms with E-state index in [1.165, 1.54) is 25.8 Å². The van der Waals surface area contributed by atoms with Gasteiger partial charge >= 0.3 is 0 Å². The van der Waals surface area contributed by atoms with Crippen LogP contribution in [0.4, 0.5) is 5.69 Å². The second kappa shape index (κ2) is 4.75. The van der Waals surface area contributed by atoms with Gasteiger partial charge < -0.3 is 5.32 Å². The molecule has 1 saturated heterocycles. The van der Waals surface area contributed by atoms with Gasteiger partial charge in [-0.1, -0.05) is 17.7 Å². The van der Waals surface area contributed by atoms with Crippen LogP contribution in [0.25, 0.3) is 0 Å². The molecule has 98 valence electrons. The van der Waals surface area contributed by atoms with Crippen LogP contribution in [-0.2, 0) is 0 Å². The van der Waals surface area contributed by atoms with Gasteiger partial charge in [0.25, 0.3) is 0 Å². The monoisotopic (exact) mass is 264 g/mol. The van der Waals surface area contributed by atoms with Crippen molar-refractivity contribution in [2.45, 2.75) is 51.2 Å². The van der Waals surface area contributed by atoms with Gasteiger partial charge in [-0.25, -0.2) is 0 Å². The summed E-state index contributed by atoms with van der Waals surface area (Å²) in [6, 6.07) is 8.41. The summed E-state index contributed by atoms with van der Waals surface area (Å²) in [5, 5.41) is 4.48. The largest absolute Gasteiger partial charge is 0.381 e. The Kier molecular flexibility index (Phi) is 3.25. The molecule has 1 aliphatic heterocycles. The third-order valence-electron chi connectivity index (χ3n) is 4.18. The van der Waals surface area contributed by atoms with Crippen LogP contribution < -0.4 is 5.32 Å². The van der Waals surface area contributed by atoms with E-state index in [-0.39, 0.29) is 0 Å². The van der Waals surface area contributed by atoms with Crippen LogP contribution >= 0.6 is 11.6 Å². The Bertz CT molecular complexity index is 442. The first-order valence-corrected chi connectivity index (χ1v) is 7.29. The Morgan fingerprint density at radius 3 is 2.78 bits per heavy atom. The molecule has 1 aromatic carbocycles. The van der Waals surface area contributed by atoms with Crippen molar-refractivity contribution in [2.24, 2.45) is 0 Å². The number of halogens is 1. The average Bonchev–Trinajstić information content (AvgIpc) is 3.09. The lowest BCUT2D eigenvalue weighted by atomic mass is 10.1. The molecule has 18 heavy (non-hydrogen) atoms. The van der Waals surface area contributed by atoms with Crippen molar-refractivity contribution in [1.29, 1.82) is 0 Å².